The molecule has 0 aliphatic carbocycles. The van der Waals surface area contributed by atoms with Gasteiger partial charge in [0, 0.05) is 35.8 Å². The lowest BCUT2D eigenvalue weighted by Gasteiger charge is -2.09. The molecule has 0 radical (unpaired) electrons. The van der Waals surface area contributed by atoms with Gasteiger partial charge in [0.1, 0.15) is 6.54 Å². The number of ether oxygens (including phenoxy) is 1. The summed E-state index contributed by atoms with van der Waals surface area (Å²) in [6.45, 7) is -0.227. The minimum Gasteiger partial charge on any atom is -0.468 e. The second-order valence-corrected chi connectivity index (χ2v) is 5.74. The quantitative estimate of drug-likeness (QED) is 0.703. The molecule has 2 aromatic heterocycles. The highest BCUT2D eigenvalue weighted by Gasteiger charge is 2.10. The number of esters is 1. The van der Waals surface area contributed by atoms with E-state index in [0.29, 0.717) is 11.3 Å². The summed E-state index contributed by atoms with van der Waals surface area (Å²) in [7, 11) is 1.24. The molecule has 0 aliphatic heterocycles. The van der Waals surface area contributed by atoms with Crippen LogP contribution in [0.4, 0.5) is 5.69 Å². The summed E-state index contributed by atoms with van der Waals surface area (Å²) in [5, 5.41) is 2.73. The Kier molecular flexibility index (Phi) is 5.41. The number of benzene rings is 1. The van der Waals surface area contributed by atoms with E-state index in [1.165, 1.54) is 30.0 Å². The number of amides is 1. The first-order valence-corrected chi connectivity index (χ1v) is 8.16. The van der Waals surface area contributed by atoms with Crippen molar-refractivity contribution in [3.05, 3.63) is 83.0 Å². The predicted molar refractivity (Wildman–Crippen MR) is 100 cm³/mol. The Bertz CT molecular complexity index is 1030. The van der Waals surface area contributed by atoms with Crippen LogP contribution in [-0.2, 0) is 16.1 Å². The highest BCUT2D eigenvalue weighted by molar-refractivity contribution is 6.04. The van der Waals surface area contributed by atoms with Crippen molar-refractivity contribution in [3.8, 4) is 11.1 Å². The van der Waals surface area contributed by atoms with Crippen molar-refractivity contribution in [2.24, 2.45) is 0 Å². The summed E-state index contributed by atoms with van der Waals surface area (Å²) in [4.78, 5) is 39.9. The SMILES string of the molecule is COC(=O)Cn1cc(NC(=O)c2cccc(-c3cccnc3)c2)ccc1=O. The minimum atomic E-state index is -0.551. The number of pyridine rings is 2. The number of carbonyl (C=O) groups is 2. The Labute approximate surface area is 155 Å². The number of anilines is 1. The van der Waals surface area contributed by atoms with E-state index in [-0.39, 0.29) is 18.0 Å². The minimum absolute atomic E-state index is 0.227. The van der Waals surface area contributed by atoms with Crippen LogP contribution in [0.25, 0.3) is 11.1 Å². The van der Waals surface area contributed by atoms with Gasteiger partial charge in [-0.1, -0.05) is 18.2 Å². The first-order chi connectivity index (χ1) is 13.1. The maximum absolute atomic E-state index is 12.6. The molecule has 0 aliphatic rings. The maximum Gasteiger partial charge on any atom is 0.325 e. The molecule has 7 heteroatoms. The third-order valence-corrected chi connectivity index (χ3v) is 3.89. The topological polar surface area (TPSA) is 90.3 Å². The lowest BCUT2D eigenvalue weighted by atomic mass is 10.0. The molecule has 0 bridgehead atoms. The second-order valence-electron chi connectivity index (χ2n) is 5.74. The Balaban J connectivity index is 1.81. The molecule has 1 amide bonds. The van der Waals surface area contributed by atoms with Gasteiger partial charge in [0.25, 0.3) is 11.5 Å². The lowest BCUT2D eigenvalue weighted by Crippen LogP contribution is -2.24. The van der Waals surface area contributed by atoms with Gasteiger partial charge in [-0.3, -0.25) is 19.4 Å². The smallest absolute Gasteiger partial charge is 0.325 e. The van der Waals surface area contributed by atoms with E-state index in [2.05, 4.69) is 15.0 Å². The van der Waals surface area contributed by atoms with Gasteiger partial charge < -0.3 is 14.6 Å². The zero-order valence-electron chi connectivity index (χ0n) is 14.6. The first-order valence-electron chi connectivity index (χ1n) is 8.16. The molecule has 0 atom stereocenters. The third-order valence-electron chi connectivity index (χ3n) is 3.89. The van der Waals surface area contributed by atoms with E-state index in [9.17, 15) is 14.4 Å². The molecular weight excluding hydrogens is 346 g/mol. The molecule has 3 rings (SSSR count). The molecule has 3 aromatic rings. The number of nitrogens with one attached hydrogen (secondary N) is 1. The zero-order valence-corrected chi connectivity index (χ0v) is 14.6. The van der Waals surface area contributed by atoms with Crippen molar-refractivity contribution in [2.45, 2.75) is 6.54 Å². The molecule has 0 fully saturated rings. The van der Waals surface area contributed by atoms with E-state index in [0.717, 1.165) is 11.1 Å². The monoisotopic (exact) mass is 363 g/mol. The van der Waals surface area contributed by atoms with Crippen LogP contribution in [0.2, 0.25) is 0 Å². The Morgan fingerprint density at radius 3 is 2.67 bits per heavy atom. The van der Waals surface area contributed by atoms with Crippen molar-refractivity contribution in [1.29, 1.82) is 0 Å². The molecule has 136 valence electrons. The normalized spacial score (nSPS) is 10.3. The molecule has 0 saturated carbocycles. The van der Waals surface area contributed by atoms with E-state index >= 15 is 0 Å². The summed E-state index contributed by atoms with van der Waals surface area (Å²) in [5.41, 5.74) is 2.26. The number of hydrogen-bond donors (Lipinski definition) is 1. The standard InChI is InChI=1S/C20H17N3O4/c1-27-19(25)13-23-12-17(7-8-18(23)24)22-20(26)15-5-2-4-14(10-15)16-6-3-9-21-11-16/h2-12H,13H2,1H3,(H,22,26). The van der Waals surface area contributed by atoms with Crippen LogP contribution in [0, 0.1) is 0 Å². The van der Waals surface area contributed by atoms with E-state index in [4.69, 9.17) is 0 Å². The Morgan fingerprint density at radius 1 is 1.11 bits per heavy atom. The van der Waals surface area contributed by atoms with Crippen molar-refractivity contribution >= 4 is 17.6 Å². The van der Waals surface area contributed by atoms with Crippen LogP contribution in [0.1, 0.15) is 10.4 Å². The van der Waals surface area contributed by atoms with Crippen LogP contribution in [0.3, 0.4) is 0 Å². The van der Waals surface area contributed by atoms with Gasteiger partial charge in [0.05, 0.1) is 12.8 Å². The molecule has 1 N–H and O–H groups in total. The summed E-state index contributed by atoms with van der Waals surface area (Å²) < 4.78 is 5.74. The number of methoxy groups -OCH3 is 1. The van der Waals surface area contributed by atoms with Gasteiger partial charge in [-0.2, -0.15) is 0 Å². The molecule has 27 heavy (non-hydrogen) atoms. The highest BCUT2D eigenvalue weighted by atomic mass is 16.5. The van der Waals surface area contributed by atoms with Gasteiger partial charge in [0.15, 0.2) is 0 Å². The molecule has 2 heterocycles. The molecule has 0 saturated heterocycles. The van der Waals surface area contributed by atoms with Gasteiger partial charge in [0.2, 0.25) is 0 Å². The lowest BCUT2D eigenvalue weighted by molar-refractivity contribution is -0.141. The van der Waals surface area contributed by atoms with Gasteiger partial charge in [-0.25, -0.2) is 0 Å². The first kappa shape index (κ1) is 18.1. The Hall–Kier alpha value is -3.74. The number of carbonyl (C=O) groups excluding carboxylic acids is 2. The zero-order chi connectivity index (χ0) is 19.2. The summed E-state index contributed by atoms with van der Waals surface area (Å²) >= 11 is 0. The van der Waals surface area contributed by atoms with E-state index in [1.54, 1.807) is 30.6 Å². The average molecular weight is 363 g/mol. The van der Waals surface area contributed by atoms with E-state index in [1.807, 2.05) is 18.2 Å². The van der Waals surface area contributed by atoms with Crippen LogP contribution >= 0.6 is 0 Å². The fourth-order valence-electron chi connectivity index (χ4n) is 2.51. The van der Waals surface area contributed by atoms with Crippen molar-refractivity contribution in [1.82, 2.24) is 9.55 Å². The van der Waals surface area contributed by atoms with Crippen molar-refractivity contribution in [3.63, 3.8) is 0 Å². The van der Waals surface area contributed by atoms with E-state index < -0.39 is 5.97 Å². The summed E-state index contributed by atoms with van der Waals surface area (Å²) in [6, 6.07) is 13.6. The fourth-order valence-corrected chi connectivity index (χ4v) is 2.51. The number of hydrogen-bond acceptors (Lipinski definition) is 5. The molecule has 7 nitrogen and oxygen atoms in total. The van der Waals surface area contributed by atoms with Crippen LogP contribution in [0.5, 0.6) is 0 Å². The summed E-state index contributed by atoms with van der Waals surface area (Å²) in [5.74, 6) is -0.881. The third kappa shape index (κ3) is 4.46. The molecule has 0 spiro atoms. The molecule has 1 aromatic carbocycles. The number of nitrogens with zero attached hydrogens (tertiary/aromatic N) is 2. The second kappa shape index (κ2) is 8.09. The molecular formula is C20H17N3O4. The van der Waals surface area contributed by atoms with Crippen LogP contribution < -0.4 is 10.9 Å². The van der Waals surface area contributed by atoms with Gasteiger partial charge in [-0.05, 0) is 29.8 Å². The summed E-state index contributed by atoms with van der Waals surface area (Å²) in [6.07, 6.45) is 4.81. The van der Waals surface area contributed by atoms with Gasteiger partial charge in [-0.15, -0.1) is 0 Å². The van der Waals surface area contributed by atoms with Crippen LogP contribution in [0.15, 0.2) is 71.9 Å². The number of aromatic nitrogens is 2. The highest BCUT2D eigenvalue weighted by Crippen LogP contribution is 2.19. The number of rotatable bonds is 5. The largest absolute Gasteiger partial charge is 0.468 e. The predicted octanol–water partition coefficient (Wildman–Crippen LogP) is 2.34. The van der Waals surface area contributed by atoms with Crippen molar-refractivity contribution < 1.29 is 14.3 Å². The maximum atomic E-state index is 12.6. The fraction of sp³-hybridized carbons (Fsp3) is 0.100. The van der Waals surface area contributed by atoms with Crippen molar-refractivity contribution in [2.75, 3.05) is 12.4 Å². The average Bonchev–Trinajstić information content (AvgIpc) is 2.71. The van der Waals surface area contributed by atoms with Crippen LogP contribution in [-0.4, -0.2) is 28.5 Å². The van der Waals surface area contributed by atoms with Gasteiger partial charge >= 0.3 is 5.97 Å². The Morgan fingerprint density at radius 2 is 1.93 bits per heavy atom. The molecule has 0 unspecified atom stereocenters.